The highest BCUT2D eigenvalue weighted by Crippen LogP contribution is 2.19. The number of rotatable bonds is 7. The van der Waals surface area contributed by atoms with Crippen LogP contribution in [0.25, 0.3) is 0 Å². The fourth-order valence-electron chi connectivity index (χ4n) is 1.99. The summed E-state index contributed by atoms with van der Waals surface area (Å²) in [7, 11) is 0. The van der Waals surface area contributed by atoms with E-state index in [1.165, 1.54) is 0 Å². The third-order valence-corrected chi connectivity index (χ3v) is 3.25. The Morgan fingerprint density at radius 3 is 2.26 bits per heavy atom. The van der Waals surface area contributed by atoms with Gasteiger partial charge < -0.3 is 15.7 Å². The van der Waals surface area contributed by atoms with Crippen LogP contribution >= 0.6 is 0 Å². The summed E-state index contributed by atoms with van der Waals surface area (Å²) >= 11 is 0. The van der Waals surface area contributed by atoms with E-state index in [0.717, 1.165) is 11.3 Å². The van der Waals surface area contributed by atoms with E-state index in [1.807, 2.05) is 39.8 Å². The lowest BCUT2D eigenvalue weighted by Crippen LogP contribution is -2.30. The van der Waals surface area contributed by atoms with Gasteiger partial charge in [0.1, 0.15) is 0 Å². The Morgan fingerprint density at radius 1 is 1.13 bits per heavy atom. The number of anilines is 1. The third-order valence-electron chi connectivity index (χ3n) is 3.25. The molecule has 0 radical (unpaired) electrons. The van der Waals surface area contributed by atoms with Gasteiger partial charge in [-0.15, -0.1) is 0 Å². The maximum atomic E-state index is 11.9. The molecule has 0 aliphatic heterocycles. The molecule has 128 valence electrons. The average Bonchev–Trinajstić information content (AvgIpc) is 2.44. The summed E-state index contributed by atoms with van der Waals surface area (Å²) in [5.74, 6) is -0.0323. The van der Waals surface area contributed by atoms with E-state index in [4.69, 9.17) is 5.11 Å². The molecule has 0 aromatic heterocycles. The Labute approximate surface area is 138 Å². The van der Waals surface area contributed by atoms with Crippen LogP contribution in [0, 0.1) is 11.3 Å². The topological polar surface area (TPSA) is 78.4 Å². The Hall–Kier alpha value is -1.88. The van der Waals surface area contributed by atoms with Gasteiger partial charge in [-0.25, -0.2) is 0 Å². The van der Waals surface area contributed by atoms with Crippen molar-refractivity contribution in [3.63, 3.8) is 0 Å². The lowest BCUT2D eigenvalue weighted by atomic mass is 9.92. The number of hydrogen-bond donors (Lipinski definition) is 3. The highest BCUT2D eigenvalue weighted by Gasteiger charge is 2.15. The fourth-order valence-corrected chi connectivity index (χ4v) is 1.99. The van der Waals surface area contributed by atoms with Crippen LogP contribution in [-0.2, 0) is 16.0 Å². The summed E-state index contributed by atoms with van der Waals surface area (Å²) in [4.78, 5) is 23.7. The molecule has 0 heterocycles. The predicted molar refractivity (Wildman–Crippen MR) is 92.1 cm³/mol. The maximum absolute atomic E-state index is 11.9. The fraction of sp³-hybridized carbons (Fsp3) is 0.556. The van der Waals surface area contributed by atoms with E-state index >= 15 is 0 Å². The van der Waals surface area contributed by atoms with Crippen LogP contribution < -0.4 is 10.6 Å². The molecule has 5 heteroatoms. The Bertz CT molecular complexity index is 518. The van der Waals surface area contributed by atoms with Crippen molar-refractivity contribution in [1.82, 2.24) is 5.32 Å². The van der Waals surface area contributed by atoms with Crippen molar-refractivity contribution in [2.75, 3.05) is 18.5 Å². The molecule has 0 saturated carbocycles. The molecule has 1 unspecified atom stereocenters. The first-order chi connectivity index (χ1) is 10.7. The number of carbonyl (C=O) groups excluding carboxylic acids is 2. The molecule has 0 aliphatic rings. The number of nitrogens with one attached hydrogen (secondary N) is 2. The van der Waals surface area contributed by atoms with Gasteiger partial charge in [-0.2, -0.15) is 0 Å². The van der Waals surface area contributed by atoms with Gasteiger partial charge >= 0.3 is 0 Å². The molecule has 0 aliphatic carbocycles. The third kappa shape index (κ3) is 8.35. The molecule has 1 aromatic carbocycles. The average molecular weight is 320 g/mol. The lowest BCUT2D eigenvalue weighted by molar-refractivity contribution is -0.120. The summed E-state index contributed by atoms with van der Waals surface area (Å²) in [6, 6.07) is 7.28. The molecule has 0 spiro atoms. The van der Waals surface area contributed by atoms with Crippen molar-refractivity contribution in [2.24, 2.45) is 11.3 Å². The summed E-state index contributed by atoms with van der Waals surface area (Å²) in [5.41, 5.74) is 1.57. The largest absolute Gasteiger partial charge is 0.396 e. The monoisotopic (exact) mass is 320 g/mol. The molecule has 3 N–H and O–H groups in total. The minimum Gasteiger partial charge on any atom is -0.396 e. The Morgan fingerprint density at radius 2 is 1.74 bits per heavy atom. The summed E-state index contributed by atoms with van der Waals surface area (Å²) in [6.07, 6.45) is 0.745. The second kappa shape index (κ2) is 8.67. The van der Waals surface area contributed by atoms with E-state index in [-0.39, 0.29) is 36.2 Å². The molecule has 23 heavy (non-hydrogen) atoms. The first-order valence-corrected chi connectivity index (χ1v) is 7.96. The zero-order chi connectivity index (χ0) is 17.5. The summed E-state index contributed by atoms with van der Waals surface area (Å²) in [6.45, 7) is 8.46. The van der Waals surface area contributed by atoms with Gasteiger partial charge in [-0.1, -0.05) is 39.8 Å². The Balaban J connectivity index is 2.47. The van der Waals surface area contributed by atoms with Gasteiger partial charge in [0.05, 0.1) is 6.42 Å². The minimum absolute atomic E-state index is 0.0130. The van der Waals surface area contributed by atoms with E-state index in [0.29, 0.717) is 13.0 Å². The normalized spacial score (nSPS) is 12.6. The van der Waals surface area contributed by atoms with Gasteiger partial charge in [0.15, 0.2) is 0 Å². The van der Waals surface area contributed by atoms with E-state index in [9.17, 15) is 9.59 Å². The lowest BCUT2D eigenvalue weighted by Gasteiger charge is -2.17. The quantitative estimate of drug-likeness (QED) is 0.721. The number of aliphatic hydroxyl groups is 1. The molecule has 1 rings (SSSR count). The zero-order valence-corrected chi connectivity index (χ0v) is 14.5. The molecule has 1 aromatic rings. The number of amides is 2. The smallest absolute Gasteiger partial charge is 0.224 e. The Kier molecular flexibility index (Phi) is 7.23. The molecule has 0 fully saturated rings. The van der Waals surface area contributed by atoms with E-state index in [1.54, 1.807) is 12.1 Å². The minimum atomic E-state index is -0.0742. The molecule has 5 nitrogen and oxygen atoms in total. The second-order valence-corrected chi connectivity index (χ2v) is 7.25. The van der Waals surface area contributed by atoms with Crippen molar-refractivity contribution < 1.29 is 14.7 Å². The zero-order valence-electron chi connectivity index (χ0n) is 14.5. The van der Waals surface area contributed by atoms with Crippen molar-refractivity contribution >= 4 is 17.5 Å². The highest BCUT2D eigenvalue weighted by molar-refractivity contribution is 5.91. The van der Waals surface area contributed by atoms with Crippen molar-refractivity contribution in [2.45, 2.75) is 40.5 Å². The van der Waals surface area contributed by atoms with Crippen molar-refractivity contribution in [3.8, 4) is 0 Å². The molecular formula is C18H28N2O3. The van der Waals surface area contributed by atoms with Gasteiger partial charge in [0.25, 0.3) is 0 Å². The van der Waals surface area contributed by atoms with E-state index in [2.05, 4.69) is 10.6 Å². The van der Waals surface area contributed by atoms with Gasteiger partial charge in [-0.05, 0) is 29.0 Å². The van der Waals surface area contributed by atoms with Gasteiger partial charge in [0.2, 0.25) is 11.8 Å². The van der Waals surface area contributed by atoms with Gasteiger partial charge in [0, 0.05) is 25.3 Å². The van der Waals surface area contributed by atoms with E-state index < -0.39 is 0 Å². The molecule has 2 amide bonds. The number of hydrogen-bond acceptors (Lipinski definition) is 3. The SMILES string of the molecule is CC(CO)CNC(=O)Cc1ccc(NC(=O)CC(C)(C)C)cc1. The molecule has 0 saturated heterocycles. The maximum Gasteiger partial charge on any atom is 0.224 e. The van der Waals surface area contributed by atoms with Gasteiger partial charge in [-0.3, -0.25) is 9.59 Å². The van der Waals surface area contributed by atoms with Crippen LogP contribution in [0.4, 0.5) is 5.69 Å². The summed E-state index contributed by atoms with van der Waals surface area (Å²) in [5, 5.41) is 14.6. The second-order valence-electron chi connectivity index (χ2n) is 7.25. The number of carbonyl (C=O) groups is 2. The highest BCUT2D eigenvalue weighted by atomic mass is 16.3. The first-order valence-electron chi connectivity index (χ1n) is 7.96. The van der Waals surface area contributed by atoms with Crippen LogP contribution in [0.1, 0.15) is 39.7 Å². The van der Waals surface area contributed by atoms with Crippen LogP contribution in [-0.4, -0.2) is 30.1 Å². The molecule has 1 atom stereocenters. The molecular weight excluding hydrogens is 292 g/mol. The van der Waals surface area contributed by atoms with Crippen molar-refractivity contribution in [3.05, 3.63) is 29.8 Å². The summed E-state index contributed by atoms with van der Waals surface area (Å²) < 4.78 is 0. The van der Waals surface area contributed by atoms with Crippen LogP contribution in [0.5, 0.6) is 0 Å². The van der Waals surface area contributed by atoms with Crippen LogP contribution in [0.2, 0.25) is 0 Å². The number of aliphatic hydroxyl groups excluding tert-OH is 1. The first kappa shape index (κ1) is 19.2. The standard InChI is InChI=1S/C18H28N2O3/c1-13(12-21)11-19-16(22)9-14-5-7-15(8-6-14)20-17(23)10-18(2,3)4/h5-8,13,21H,9-12H2,1-4H3,(H,19,22)(H,20,23). The predicted octanol–water partition coefficient (Wildman–Crippen LogP) is 2.35. The van der Waals surface area contributed by atoms with Crippen molar-refractivity contribution in [1.29, 1.82) is 0 Å². The molecule has 0 bridgehead atoms. The van der Waals surface area contributed by atoms with Crippen LogP contribution in [0.15, 0.2) is 24.3 Å². The van der Waals surface area contributed by atoms with Crippen LogP contribution in [0.3, 0.4) is 0 Å². The number of benzene rings is 1.